The number of nitriles is 1. The summed E-state index contributed by atoms with van der Waals surface area (Å²) < 4.78 is 53.8. The van der Waals surface area contributed by atoms with Crippen LogP contribution < -0.4 is 9.47 Å². The van der Waals surface area contributed by atoms with Crippen molar-refractivity contribution in [3.05, 3.63) is 16.8 Å². The number of pyridine rings is 1. The van der Waals surface area contributed by atoms with E-state index in [0.29, 0.717) is 0 Å². The zero-order valence-electron chi connectivity index (χ0n) is 12.1. The van der Waals surface area contributed by atoms with Crippen LogP contribution in [0.3, 0.4) is 0 Å². The molecule has 0 saturated heterocycles. The molecule has 1 aromatic rings. The Morgan fingerprint density at radius 1 is 1.32 bits per heavy atom. The van der Waals surface area contributed by atoms with Crippen LogP contribution in [-0.4, -0.2) is 31.8 Å². The molecule has 0 saturated carbocycles. The standard InChI is InChI=1S/C13H13F3N2O4/c1-4-22-12(19)8-9(20-2)7(5-6-17)11(21-3)18-10(8)13(14,15)16/h4-5H2,1-3H3. The van der Waals surface area contributed by atoms with E-state index in [-0.39, 0.29) is 18.6 Å². The minimum atomic E-state index is -4.92. The quantitative estimate of drug-likeness (QED) is 0.775. The molecule has 0 N–H and O–H groups in total. The van der Waals surface area contributed by atoms with Gasteiger partial charge in [-0.2, -0.15) is 18.4 Å². The lowest BCUT2D eigenvalue weighted by Gasteiger charge is -2.18. The number of alkyl halides is 3. The molecule has 0 aromatic carbocycles. The minimum absolute atomic E-state index is 0.0523. The lowest BCUT2D eigenvalue weighted by atomic mass is 10.1. The molecule has 0 atom stereocenters. The zero-order chi connectivity index (χ0) is 16.9. The molecule has 0 fully saturated rings. The molecule has 120 valence electrons. The first-order valence-electron chi connectivity index (χ1n) is 6.07. The summed E-state index contributed by atoms with van der Waals surface area (Å²) in [6, 6.07) is 1.76. The monoisotopic (exact) mass is 318 g/mol. The van der Waals surface area contributed by atoms with Crippen molar-refractivity contribution in [2.45, 2.75) is 19.5 Å². The lowest BCUT2D eigenvalue weighted by Crippen LogP contribution is -2.20. The Balaban J connectivity index is 3.78. The van der Waals surface area contributed by atoms with E-state index < -0.39 is 35.0 Å². The van der Waals surface area contributed by atoms with Gasteiger partial charge in [-0.25, -0.2) is 9.78 Å². The number of halogens is 3. The first kappa shape index (κ1) is 17.6. The molecule has 0 radical (unpaired) electrons. The van der Waals surface area contributed by atoms with Crippen molar-refractivity contribution in [2.75, 3.05) is 20.8 Å². The summed E-state index contributed by atoms with van der Waals surface area (Å²) in [5.41, 5.74) is -2.41. The average molecular weight is 318 g/mol. The van der Waals surface area contributed by atoms with E-state index in [9.17, 15) is 18.0 Å². The predicted octanol–water partition coefficient (Wildman–Crippen LogP) is 2.36. The third-order valence-corrected chi connectivity index (χ3v) is 2.61. The Bertz CT molecular complexity index is 609. The van der Waals surface area contributed by atoms with Gasteiger partial charge in [0.2, 0.25) is 5.88 Å². The molecule has 0 amide bonds. The molecular formula is C13H13F3N2O4. The van der Waals surface area contributed by atoms with Crippen molar-refractivity contribution in [2.24, 2.45) is 0 Å². The van der Waals surface area contributed by atoms with E-state index in [2.05, 4.69) is 9.72 Å². The number of hydrogen-bond acceptors (Lipinski definition) is 6. The Hall–Kier alpha value is -2.50. The number of nitrogens with zero attached hydrogens (tertiary/aromatic N) is 2. The molecule has 1 heterocycles. The molecule has 0 unspecified atom stereocenters. The van der Waals surface area contributed by atoms with Gasteiger partial charge in [-0.1, -0.05) is 0 Å². The minimum Gasteiger partial charge on any atom is -0.495 e. The summed E-state index contributed by atoms with van der Waals surface area (Å²) in [4.78, 5) is 15.2. The number of aromatic nitrogens is 1. The van der Waals surface area contributed by atoms with Gasteiger partial charge in [0.15, 0.2) is 5.69 Å². The number of carbonyl (C=O) groups excluding carboxylic acids is 1. The molecule has 0 aliphatic carbocycles. The van der Waals surface area contributed by atoms with Gasteiger partial charge in [0.1, 0.15) is 11.3 Å². The highest BCUT2D eigenvalue weighted by molar-refractivity contribution is 5.95. The molecule has 0 spiro atoms. The fourth-order valence-corrected chi connectivity index (χ4v) is 1.81. The Morgan fingerprint density at radius 3 is 2.36 bits per heavy atom. The summed E-state index contributed by atoms with van der Waals surface area (Å²) in [6.45, 7) is 1.32. The fraction of sp³-hybridized carbons (Fsp3) is 0.462. The SMILES string of the molecule is CCOC(=O)c1c(C(F)(F)F)nc(OC)c(CC#N)c1OC. The molecular weight excluding hydrogens is 305 g/mol. The number of rotatable bonds is 5. The molecule has 22 heavy (non-hydrogen) atoms. The van der Waals surface area contributed by atoms with Gasteiger partial charge in [-0.15, -0.1) is 0 Å². The molecule has 1 aromatic heterocycles. The van der Waals surface area contributed by atoms with Crippen LogP contribution in [0, 0.1) is 11.3 Å². The van der Waals surface area contributed by atoms with Crippen LogP contribution in [0.5, 0.6) is 11.6 Å². The first-order chi connectivity index (χ1) is 10.3. The Kier molecular flexibility index (Phi) is 5.56. The third kappa shape index (κ3) is 3.39. The summed E-state index contributed by atoms with van der Waals surface area (Å²) in [6.07, 6.45) is -5.27. The van der Waals surface area contributed by atoms with Crippen LogP contribution in [0.2, 0.25) is 0 Å². The second kappa shape index (κ2) is 6.98. The van der Waals surface area contributed by atoms with Crippen LogP contribution in [0.4, 0.5) is 13.2 Å². The van der Waals surface area contributed by atoms with Crippen LogP contribution in [-0.2, 0) is 17.3 Å². The van der Waals surface area contributed by atoms with Crippen molar-refractivity contribution >= 4 is 5.97 Å². The van der Waals surface area contributed by atoms with Gasteiger partial charge >= 0.3 is 12.1 Å². The van der Waals surface area contributed by atoms with Gasteiger partial charge < -0.3 is 14.2 Å². The fourth-order valence-electron chi connectivity index (χ4n) is 1.81. The molecule has 0 aliphatic rings. The molecule has 6 nitrogen and oxygen atoms in total. The summed E-state index contributed by atoms with van der Waals surface area (Å²) in [5, 5.41) is 8.79. The van der Waals surface area contributed by atoms with Gasteiger partial charge in [0.05, 0.1) is 38.9 Å². The van der Waals surface area contributed by atoms with E-state index in [4.69, 9.17) is 14.7 Å². The maximum absolute atomic E-state index is 13.2. The van der Waals surface area contributed by atoms with E-state index in [1.54, 1.807) is 6.07 Å². The van der Waals surface area contributed by atoms with Gasteiger partial charge in [0.25, 0.3) is 0 Å². The second-order valence-corrected chi connectivity index (χ2v) is 3.91. The molecule has 0 bridgehead atoms. The zero-order valence-corrected chi connectivity index (χ0v) is 12.1. The van der Waals surface area contributed by atoms with Crippen LogP contribution in [0.25, 0.3) is 0 Å². The number of esters is 1. The topological polar surface area (TPSA) is 81.4 Å². The molecule has 9 heteroatoms. The van der Waals surface area contributed by atoms with Crippen molar-refractivity contribution < 1.29 is 32.2 Å². The van der Waals surface area contributed by atoms with Gasteiger partial charge in [-0.3, -0.25) is 0 Å². The van der Waals surface area contributed by atoms with E-state index in [1.165, 1.54) is 6.92 Å². The second-order valence-electron chi connectivity index (χ2n) is 3.91. The lowest BCUT2D eigenvalue weighted by molar-refractivity contribution is -0.142. The van der Waals surface area contributed by atoms with Crippen molar-refractivity contribution in [1.29, 1.82) is 5.26 Å². The highest BCUT2D eigenvalue weighted by atomic mass is 19.4. The molecule has 0 aliphatic heterocycles. The number of carbonyl (C=O) groups is 1. The van der Waals surface area contributed by atoms with Crippen LogP contribution in [0.15, 0.2) is 0 Å². The smallest absolute Gasteiger partial charge is 0.434 e. The van der Waals surface area contributed by atoms with Gasteiger partial charge in [-0.05, 0) is 6.92 Å². The largest absolute Gasteiger partial charge is 0.495 e. The van der Waals surface area contributed by atoms with Crippen molar-refractivity contribution in [3.8, 4) is 17.7 Å². The average Bonchev–Trinajstić information content (AvgIpc) is 2.45. The summed E-state index contributed by atoms with van der Waals surface area (Å²) in [5.74, 6) is -2.10. The summed E-state index contributed by atoms with van der Waals surface area (Å²) in [7, 11) is 2.19. The molecule has 1 rings (SSSR count). The van der Waals surface area contributed by atoms with E-state index >= 15 is 0 Å². The summed E-state index contributed by atoms with van der Waals surface area (Å²) >= 11 is 0. The Morgan fingerprint density at radius 2 is 1.95 bits per heavy atom. The third-order valence-electron chi connectivity index (χ3n) is 2.61. The first-order valence-corrected chi connectivity index (χ1v) is 6.07. The normalized spacial score (nSPS) is 10.8. The van der Waals surface area contributed by atoms with Crippen molar-refractivity contribution in [3.63, 3.8) is 0 Å². The highest BCUT2D eigenvalue weighted by Crippen LogP contribution is 2.40. The number of methoxy groups -OCH3 is 2. The maximum Gasteiger partial charge on any atom is 0.434 e. The van der Waals surface area contributed by atoms with Crippen LogP contribution >= 0.6 is 0 Å². The maximum atomic E-state index is 13.2. The predicted molar refractivity (Wildman–Crippen MR) is 67.6 cm³/mol. The van der Waals surface area contributed by atoms with Gasteiger partial charge in [0, 0.05) is 0 Å². The van der Waals surface area contributed by atoms with Crippen LogP contribution in [0.1, 0.15) is 28.5 Å². The van der Waals surface area contributed by atoms with E-state index in [0.717, 1.165) is 14.2 Å². The Labute approximate surface area is 124 Å². The van der Waals surface area contributed by atoms with Crippen molar-refractivity contribution in [1.82, 2.24) is 4.98 Å². The number of hydrogen-bond donors (Lipinski definition) is 0. The highest BCUT2D eigenvalue weighted by Gasteiger charge is 2.42. The number of ether oxygens (including phenoxy) is 3. The van der Waals surface area contributed by atoms with E-state index in [1.807, 2.05) is 0 Å².